The lowest BCUT2D eigenvalue weighted by Gasteiger charge is -2.17. The average molecular weight is 343 g/mol. The van der Waals surface area contributed by atoms with Crippen molar-refractivity contribution >= 4 is 17.2 Å². The highest BCUT2D eigenvalue weighted by atomic mass is 32.1. The number of aryl methyl sites for hydroxylation is 1. The second-order valence-corrected chi connectivity index (χ2v) is 6.07. The second-order valence-electron chi connectivity index (χ2n) is 5.29. The highest BCUT2D eigenvalue weighted by molar-refractivity contribution is 7.08. The second kappa shape index (κ2) is 7.37. The molecule has 2 aromatic heterocycles. The molecule has 7 heteroatoms. The van der Waals surface area contributed by atoms with Crippen LogP contribution >= 0.6 is 11.3 Å². The Kier molecular flexibility index (Phi) is 5.02. The van der Waals surface area contributed by atoms with E-state index in [0.717, 1.165) is 11.1 Å². The topological polar surface area (TPSA) is 70.2 Å². The predicted molar refractivity (Wildman–Crippen MR) is 92.2 cm³/mol. The molecule has 0 saturated heterocycles. The number of hydrogen-bond donors (Lipinski definition) is 0. The van der Waals surface area contributed by atoms with Crippen molar-refractivity contribution in [3.05, 3.63) is 80.4 Å². The van der Waals surface area contributed by atoms with Crippen molar-refractivity contribution in [2.45, 2.75) is 19.6 Å². The molecule has 3 aromatic rings. The van der Waals surface area contributed by atoms with Crippen LogP contribution in [0, 0.1) is 17.0 Å². The van der Waals surface area contributed by atoms with Crippen molar-refractivity contribution < 1.29 is 9.66 Å². The van der Waals surface area contributed by atoms with Gasteiger partial charge < -0.3 is 14.9 Å². The van der Waals surface area contributed by atoms with Gasteiger partial charge in [-0.1, -0.05) is 30.3 Å². The third-order valence-corrected chi connectivity index (χ3v) is 4.47. The first-order valence-electron chi connectivity index (χ1n) is 7.52. The molecule has 0 fully saturated rings. The highest BCUT2D eigenvalue weighted by Crippen LogP contribution is 2.27. The Bertz CT molecular complexity index is 800. The zero-order valence-electron chi connectivity index (χ0n) is 13.2. The van der Waals surface area contributed by atoms with Gasteiger partial charge in [0, 0.05) is 6.92 Å². The number of ether oxygens (including phenoxy) is 1. The summed E-state index contributed by atoms with van der Waals surface area (Å²) in [5, 5.41) is 15.1. The van der Waals surface area contributed by atoms with Gasteiger partial charge in [0.2, 0.25) is 0 Å². The van der Waals surface area contributed by atoms with E-state index in [1.165, 1.54) is 6.20 Å². The van der Waals surface area contributed by atoms with Gasteiger partial charge in [-0.15, -0.1) is 0 Å². The molecule has 0 spiro atoms. The van der Waals surface area contributed by atoms with Gasteiger partial charge in [-0.3, -0.25) is 0 Å². The van der Waals surface area contributed by atoms with E-state index in [9.17, 15) is 10.1 Å². The van der Waals surface area contributed by atoms with Gasteiger partial charge in [-0.2, -0.15) is 11.3 Å². The predicted octanol–water partition coefficient (Wildman–Crippen LogP) is 3.97. The van der Waals surface area contributed by atoms with Gasteiger partial charge in [0.1, 0.15) is 18.8 Å². The molecule has 0 bridgehead atoms. The maximum atomic E-state index is 11.0. The molecule has 2 heterocycles. The standard InChI is InChI=1S/C17H17N3O3S/c1-13-18-11-16(20(21)22)19(13)8-9-23-17(15-7-10-24-12-15)14-5-3-2-4-6-14/h2-7,10-12,17H,8-9H2,1H3. The fourth-order valence-corrected chi connectivity index (χ4v) is 3.25. The SMILES string of the molecule is Cc1ncc([N+](=O)[O-])n1CCOC(c1ccccc1)c1ccsc1. The monoisotopic (exact) mass is 343 g/mol. The number of rotatable bonds is 7. The lowest BCUT2D eigenvalue weighted by atomic mass is 10.0. The summed E-state index contributed by atoms with van der Waals surface area (Å²) in [6.45, 7) is 2.49. The summed E-state index contributed by atoms with van der Waals surface area (Å²) in [6.07, 6.45) is 1.10. The van der Waals surface area contributed by atoms with Gasteiger partial charge in [-0.25, -0.2) is 9.55 Å². The Balaban J connectivity index is 1.74. The van der Waals surface area contributed by atoms with E-state index >= 15 is 0 Å². The van der Waals surface area contributed by atoms with Gasteiger partial charge >= 0.3 is 5.82 Å². The van der Waals surface area contributed by atoms with Crippen LogP contribution < -0.4 is 0 Å². The number of benzene rings is 1. The maximum Gasteiger partial charge on any atom is 0.342 e. The first kappa shape index (κ1) is 16.4. The van der Waals surface area contributed by atoms with E-state index in [0.29, 0.717) is 19.0 Å². The molecular weight excluding hydrogens is 326 g/mol. The van der Waals surface area contributed by atoms with E-state index in [2.05, 4.69) is 10.4 Å². The molecule has 0 amide bonds. The first-order valence-corrected chi connectivity index (χ1v) is 8.46. The number of nitro groups is 1. The summed E-state index contributed by atoms with van der Waals surface area (Å²) >= 11 is 1.62. The molecule has 1 unspecified atom stereocenters. The quantitative estimate of drug-likeness (QED) is 0.481. The van der Waals surface area contributed by atoms with Crippen LogP contribution in [0.3, 0.4) is 0 Å². The van der Waals surface area contributed by atoms with Gasteiger partial charge in [-0.05, 0) is 32.9 Å². The zero-order valence-corrected chi connectivity index (χ0v) is 14.0. The molecule has 0 radical (unpaired) electrons. The van der Waals surface area contributed by atoms with Crippen LogP contribution in [0.1, 0.15) is 23.1 Å². The molecule has 0 N–H and O–H groups in total. The van der Waals surface area contributed by atoms with Gasteiger partial charge in [0.05, 0.1) is 6.61 Å². The minimum atomic E-state index is -0.423. The molecule has 124 valence electrons. The highest BCUT2D eigenvalue weighted by Gasteiger charge is 2.19. The van der Waals surface area contributed by atoms with Crippen molar-refractivity contribution in [3.8, 4) is 0 Å². The number of nitrogens with zero attached hydrogens (tertiary/aromatic N) is 3. The van der Waals surface area contributed by atoms with Crippen molar-refractivity contribution in [1.82, 2.24) is 9.55 Å². The third kappa shape index (κ3) is 3.52. The molecule has 0 aliphatic rings. The summed E-state index contributed by atoms with van der Waals surface area (Å²) in [5.41, 5.74) is 2.15. The summed E-state index contributed by atoms with van der Waals surface area (Å²) in [5.74, 6) is 0.597. The van der Waals surface area contributed by atoms with E-state index in [4.69, 9.17) is 4.74 Å². The molecule has 6 nitrogen and oxygen atoms in total. The fraction of sp³-hybridized carbons (Fsp3) is 0.235. The molecule has 0 aliphatic carbocycles. The Labute approximate surface area is 143 Å². The molecule has 0 aliphatic heterocycles. The van der Waals surface area contributed by atoms with E-state index < -0.39 is 4.92 Å². The molecule has 1 atom stereocenters. The third-order valence-electron chi connectivity index (χ3n) is 3.77. The number of thiophene rings is 1. The Morgan fingerprint density at radius 1 is 1.29 bits per heavy atom. The van der Waals surface area contributed by atoms with Crippen molar-refractivity contribution in [2.75, 3.05) is 6.61 Å². The molecule has 0 saturated carbocycles. The zero-order chi connectivity index (χ0) is 16.9. The lowest BCUT2D eigenvalue weighted by Crippen LogP contribution is -2.13. The van der Waals surface area contributed by atoms with E-state index in [1.54, 1.807) is 22.8 Å². The first-order chi connectivity index (χ1) is 11.7. The number of aromatic nitrogens is 2. The van der Waals surface area contributed by atoms with Crippen LogP contribution in [0.2, 0.25) is 0 Å². The molecule has 24 heavy (non-hydrogen) atoms. The van der Waals surface area contributed by atoms with Crippen LogP contribution in [-0.4, -0.2) is 21.1 Å². The fourth-order valence-electron chi connectivity index (χ4n) is 2.58. The van der Waals surface area contributed by atoms with Gasteiger partial charge in [0.15, 0.2) is 5.82 Å². The minimum absolute atomic E-state index is 0.0112. The summed E-state index contributed by atoms with van der Waals surface area (Å²) in [4.78, 5) is 14.6. The average Bonchev–Trinajstić information content (AvgIpc) is 3.23. The summed E-state index contributed by atoms with van der Waals surface area (Å²) < 4.78 is 7.64. The minimum Gasteiger partial charge on any atom is -0.365 e. The molecule has 1 aromatic carbocycles. The van der Waals surface area contributed by atoms with Crippen LogP contribution in [0.5, 0.6) is 0 Å². The Morgan fingerprint density at radius 3 is 2.75 bits per heavy atom. The maximum absolute atomic E-state index is 11.0. The van der Waals surface area contributed by atoms with Gasteiger partial charge in [0.25, 0.3) is 0 Å². The van der Waals surface area contributed by atoms with Crippen LogP contribution in [0.4, 0.5) is 5.82 Å². The van der Waals surface area contributed by atoms with Crippen molar-refractivity contribution in [1.29, 1.82) is 0 Å². The normalized spacial score (nSPS) is 12.2. The van der Waals surface area contributed by atoms with Crippen LogP contribution in [-0.2, 0) is 11.3 Å². The van der Waals surface area contributed by atoms with Crippen molar-refractivity contribution in [3.63, 3.8) is 0 Å². The largest absolute Gasteiger partial charge is 0.365 e. The van der Waals surface area contributed by atoms with E-state index in [1.807, 2.05) is 41.8 Å². The lowest BCUT2D eigenvalue weighted by molar-refractivity contribution is -0.392. The van der Waals surface area contributed by atoms with E-state index in [-0.39, 0.29) is 11.9 Å². The smallest absolute Gasteiger partial charge is 0.342 e. The Morgan fingerprint density at radius 2 is 2.08 bits per heavy atom. The summed E-state index contributed by atoms with van der Waals surface area (Å²) in [7, 11) is 0. The van der Waals surface area contributed by atoms with Crippen LogP contribution in [0.15, 0.2) is 53.4 Å². The van der Waals surface area contributed by atoms with Crippen molar-refractivity contribution in [2.24, 2.45) is 0 Å². The Hall–Kier alpha value is -2.51. The summed E-state index contributed by atoms with van der Waals surface area (Å²) in [6, 6.07) is 12.0. The molecular formula is C17H17N3O3S. The number of imidazole rings is 1. The number of hydrogen-bond acceptors (Lipinski definition) is 5. The van der Waals surface area contributed by atoms with Crippen LogP contribution in [0.25, 0.3) is 0 Å². The molecule has 3 rings (SSSR count).